The number of rotatable bonds is 6. The van der Waals surface area contributed by atoms with Crippen molar-refractivity contribution in [3.8, 4) is 0 Å². The molecule has 0 spiro atoms. The maximum Gasteiger partial charge on any atom is 0.237 e. The summed E-state index contributed by atoms with van der Waals surface area (Å²) in [5, 5.41) is 3.11. The molecule has 2 heterocycles. The van der Waals surface area contributed by atoms with Crippen molar-refractivity contribution in [2.24, 2.45) is 11.7 Å². The topological polar surface area (TPSA) is 84.1 Å². The van der Waals surface area contributed by atoms with E-state index in [0.717, 1.165) is 50.3 Å². The van der Waals surface area contributed by atoms with Crippen molar-refractivity contribution < 1.29 is 4.79 Å². The summed E-state index contributed by atoms with van der Waals surface area (Å²) in [6.07, 6.45) is 5.45. The quantitative estimate of drug-likeness (QED) is 0.814. The van der Waals surface area contributed by atoms with Crippen molar-refractivity contribution >= 4 is 24.1 Å². The summed E-state index contributed by atoms with van der Waals surface area (Å²) in [5.41, 5.74) is 7.07. The molecule has 1 fully saturated rings. The van der Waals surface area contributed by atoms with Gasteiger partial charge in [0, 0.05) is 30.9 Å². The molecular formula is C17H30ClN5O. The molecule has 0 saturated carbocycles. The maximum atomic E-state index is 12.3. The molecule has 7 heteroatoms. The first-order chi connectivity index (χ1) is 11.0. The van der Waals surface area contributed by atoms with E-state index in [0.29, 0.717) is 0 Å². The summed E-state index contributed by atoms with van der Waals surface area (Å²) >= 11 is 0. The Labute approximate surface area is 151 Å². The van der Waals surface area contributed by atoms with Crippen LogP contribution in [0.1, 0.15) is 45.7 Å². The number of hydrogen-bond acceptors (Lipinski definition) is 5. The molecule has 24 heavy (non-hydrogen) atoms. The first-order valence-electron chi connectivity index (χ1n) is 8.67. The molecule has 0 radical (unpaired) electrons. The van der Waals surface area contributed by atoms with Crippen molar-refractivity contribution in [3.63, 3.8) is 0 Å². The third-order valence-electron chi connectivity index (χ3n) is 4.72. The van der Waals surface area contributed by atoms with Gasteiger partial charge in [-0.05, 0) is 25.2 Å². The number of nitrogens with zero attached hydrogens (tertiary/aromatic N) is 3. The Morgan fingerprint density at radius 2 is 2.21 bits per heavy atom. The summed E-state index contributed by atoms with van der Waals surface area (Å²) in [7, 11) is 0. The number of carbonyl (C=O) groups is 1. The highest BCUT2D eigenvalue weighted by molar-refractivity contribution is 5.85. The van der Waals surface area contributed by atoms with Crippen LogP contribution in [0.25, 0.3) is 0 Å². The number of aromatic nitrogens is 2. The molecule has 6 nitrogen and oxygen atoms in total. The largest absolute Gasteiger partial charge is 0.354 e. The van der Waals surface area contributed by atoms with Gasteiger partial charge in [0.15, 0.2) is 0 Å². The highest BCUT2D eigenvalue weighted by Crippen LogP contribution is 2.18. The second kappa shape index (κ2) is 9.79. The van der Waals surface area contributed by atoms with E-state index in [4.69, 9.17) is 5.73 Å². The number of amides is 1. The van der Waals surface area contributed by atoms with Gasteiger partial charge in [-0.15, -0.1) is 12.4 Å². The zero-order valence-corrected chi connectivity index (χ0v) is 15.7. The highest BCUT2D eigenvalue weighted by Gasteiger charge is 2.26. The minimum absolute atomic E-state index is 0. The number of piperidine rings is 1. The van der Waals surface area contributed by atoms with E-state index in [2.05, 4.69) is 34.0 Å². The van der Waals surface area contributed by atoms with Gasteiger partial charge >= 0.3 is 0 Å². The van der Waals surface area contributed by atoms with Crippen LogP contribution in [0.3, 0.4) is 0 Å². The minimum Gasteiger partial charge on any atom is -0.354 e. The molecule has 136 valence electrons. The molecule has 2 rings (SSSR count). The smallest absolute Gasteiger partial charge is 0.237 e. The third-order valence-corrected chi connectivity index (χ3v) is 4.72. The first kappa shape index (κ1) is 20.6. The fraction of sp³-hybridized carbons (Fsp3) is 0.706. The zero-order chi connectivity index (χ0) is 16.8. The number of aryl methyl sites for hydroxylation is 1. The molecule has 3 N–H and O–H groups in total. The number of nitrogens with two attached hydrogens (primary N) is 1. The number of carbonyl (C=O) groups excluding carboxylic acids is 1. The van der Waals surface area contributed by atoms with E-state index in [9.17, 15) is 4.79 Å². The lowest BCUT2D eigenvalue weighted by molar-refractivity contribution is -0.124. The van der Waals surface area contributed by atoms with Gasteiger partial charge in [0.1, 0.15) is 12.1 Å². The van der Waals surface area contributed by atoms with E-state index in [1.54, 1.807) is 6.33 Å². The number of nitrogens with one attached hydrogen (secondary N) is 1. The SMILES string of the molecule is CCc1cc(N2CCCC(NC(=O)C(N)C(C)CC)C2)ncn1.Cl. The number of anilines is 1. The molecule has 0 aromatic carbocycles. The van der Waals surface area contributed by atoms with Crippen LogP contribution in [0.15, 0.2) is 12.4 Å². The van der Waals surface area contributed by atoms with E-state index < -0.39 is 6.04 Å². The summed E-state index contributed by atoms with van der Waals surface area (Å²) in [6, 6.07) is 1.74. The van der Waals surface area contributed by atoms with Gasteiger partial charge in [0.25, 0.3) is 0 Å². The first-order valence-corrected chi connectivity index (χ1v) is 8.67. The van der Waals surface area contributed by atoms with Gasteiger partial charge in [-0.3, -0.25) is 4.79 Å². The molecule has 1 aliphatic rings. The Morgan fingerprint density at radius 1 is 1.46 bits per heavy atom. The van der Waals surface area contributed by atoms with Crippen LogP contribution in [0.5, 0.6) is 0 Å². The van der Waals surface area contributed by atoms with Crippen LogP contribution in [0.2, 0.25) is 0 Å². The number of hydrogen-bond donors (Lipinski definition) is 2. The van der Waals surface area contributed by atoms with Gasteiger partial charge in [0.2, 0.25) is 5.91 Å². The summed E-state index contributed by atoms with van der Waals surface area (Å²) < 4.78 is 0. The molecule has 3 atom stereocenters. The predicted octanol–water partition coefficient (Wildman–Crippen LogP) is 1.92. The zero-order valence-electron chi connectivity index (χ0n) is 14.9. The van der Waals surface area contributed by atoms with Crippen molar-refractivity contribution in [1.82, 2.24) is 15.3 Å². The predicted molar refractivity (Wildman–Crippen MR) is 99.5 cm³/mol. The molecule has 1 amide bonds. The average Bonchev–Trinajstić information content (AvgIpc) is 2.60. The molecule has 0 bridgehead atoms. The lowest BCUT2D eigenvalue weighted by Crippen LogP contribution is -2.53. The Hall–Kier alpha value is -1.40. The fourth-order valence-electron chi connectivity index (χ4n) is 2.86. The second-order valence-electron chi connectivity index (χ2n) is 6.43. The van der Waals surface area contributed by atoms with E-state index in [1.165, 1.54) is 0 Å². The highest BCUT2D eigenvalue weighted by atomic mass is 35.5. The Kier molecular flexibility index (Phi) is 8.42. The standard InChI is InChI=1S/C17H29N5O.ClH/c1-4-12(3)16(18)17(23)21-14-7-6-8-22(10-14)15-9-13(5-2)19-11-20-15;/h9,11-12,14,16H,4-8,10,18H2,1-3H3,(H,21,23);1H. The van der Waals surface area contributed by atoms with Crippen LogP contribution in [-0.2, 0) is 11.2 Å². The van der Waals surface area contributed by atoms with Crippen LogP contribution in [0.4, 0.5) is 5.82 Å². The van der Waals surface area contributed by atoms with Crippen LogP contribution in [-0.4, -0.2) is 41.0 Å². The summed E-state index contributed by atoms with van der Waals surface area (Å²) in [6.45, 7) is 7.90. The van der Waals surface area contributed by atoms with E-state index in [1.807, 2.05) is 13.0 Å². The second-order valence-corrected chi connectivity index (χ2v) is 6.43. The molecule has 1 aromatic heterocycles. The van der Waals surface area contributed by atoms with Gasteiger partial charge in [0.05, 0.1) is 6.04 Å². The van der Waals surface area contributed by atoms with Crippen LogP contribution < -0.4 is 16.0 Å². The minimum atomic E-state index is -0.430. The normalized spacial score (nSPS) is 20.0. The van der Waals surface area contributed by atoms with Gasteiger partial charge < -0.3 is 16.0 Å². The van der Waals surface area contributed by atoms with E-state index in [-0.39, 0.29) is 30.3 Å². The average molecular weight is 356 g/mol. The fourth-order valence-corrected chi connectivity index (χ4v) is 2.86. The van der Waals surface area contributed by atoms with Crippen LogP contribution >= 0.6 is 12.4 Å². The molecular weight excluding hydrogens is 326 g/mol. The number of halogens is 1. The van der Waals surface area contributed by atoms with Crippen molar-refractivity contribution in [2.45, 2.75) is 58.5 Å². The van der Waals surface area contributed by atoms with Crippen molar-refractivity contribution in [1.29, 1.82) is 0 Å². The Morgan fingerprint density at radius 3 is 2.88 bits per heavy atom. The third kappa shape index (κ3) is 5.31. The summed E-state index contributed by atoms with van der Waals surface area (Å²) in [4.78, 5) is 23.1. The van der Waals surface area contributed by atoms with Gasteiger partial charge in [-0.2, -0.15) is 0 Å². The van der Waals surface area contributed by atoms with E-state index >= 15 is 0 Å². The maximum absolute atomic E-state index is 12.3. The molecule has 1 aliphatic heterocycles. The molecule has 3 unspecified atom stereocenters. The lowest BCUT2D eigenvalue weighted by Gasteiger charge is -2.34. The molecule has 0 aliphatic carbocycles. The molecule has 1 saturated heterocycles. The monoisotopic (exact) mass is 355 g/mol. The lowest BCUT2D eigenvalue weighted by atomic mass is 9.98. The molecule has 1 aromatic rings. The van der Waals surface area contributed by atoms with Crippen LogP contribution in [0, 0.1) is 5.92 Å². The summed E-state index contributed by atoms with van der Waals surface area (Å²) in [5.74, 6) is 1.11. The van der Waals surface area contributed by atoms with Crippen molar-refractivity contribution in [3.05, 3.63) is 18.1 Å². The van der Waals surface area contributed by atoms with Gasteiger partial charge in [-0.1, -0.05) is 27.2 Å². The van der Waals surface area contributed by atoms with Gasteiger partial charge in [-0.25, -0.2) is 9.97 Å². The Balaban J connectivity index is 0.00000288. The Bertz CT molecular complexity index is 527. The van der Waals surface area contributed by atoms with Crippen molar-refractivity contribution in [2.75, 3.05) is 18.0 Å².